The Bertz CT molecular complexity index is 577. The van der Waals surface area contributed by atoms with Crippen LogP contribution in [0, 0.1) is 0 Å². The smallest absolute Gasteiger partial charge is 0.0666 e. The molecule has 5 heteroatoms. The number of hydroxylamine groups is 1. The van der Waals surface area contributed by atoms with E-state index in [0.29, 0.717) is 5.02 Å². The first-order valence-corrected chi connectivity index (χ1v) is 6.54. The Morgan fingerprint density at radius 3 is 2.88 bits per heavy atom. The van der Waals surface area contributed by atoms with E-state index in [1.54, 1.807) is 18.4 Å². The summed E-state index contributed by atoms with van der Waals surface area (Å²) in [6, 6.07) is 5.72. The maximum absolute atomic E-state index is 6.31. The normalized spacial score (nSPS) is 12.1. The van der Waals surface area contributed by atoms with E-state index in [0.717, 1.165) is 25.7 Å². The Labute approximate surface area is 114 Å². The minimum Gasteiger partial charge on any atom is -0.280 e. The van der Waals surface area contributed by atoms with E-state index in [1.165, 1.54) is 0 Å². The zero-order chi connectivity index (χ0) is 12.4. The van der Waals surface area contributed by atoms with Crippen molar-refractivity contribution in [2.45, 2.75) is 6.92 Å². The van der Waals surface area contributed by atoms with Crippen molar-refractivity contribution in [1.29, 1.82) is 0 Å². The highest BCUT2D eigenvalue weighted by molar-refractivity contribution is 7.20. The van der Waals surface area contributed by atoms with Gasteiger partial charge in [-0.1, -0.05) is 23.2 Å². The predicted octanol–water partition coefficient (Wildman–Crippen LogP) is 4.72. The van der Waals surface area contributed by atoms with Crippen LogP contribution >= 0.6 is 34.5 Å². The molecule has 0 fully saturated rings. The van der Waals surface area contributed by atoms with Crippen LogP contribution in [0.2, 0.25) is 10.0 Å². The lowest BCUT2D eigenvalue weighted by Gasteiger charge is -2.01. The highest BCUT2D eigenvalue weighted by Crippen LogP contribution is 2.37. The Balaban J connectivity index is 2.49. The van der Waals surface area contributed by atoms with E-state index in [1.807, 2.05) is 31.2 Å². The molecule has 17 heavy (non-hydrogen) atoms. The fraction of sp³-hybridized carbons (Fsp3) is 0.167. The van der Waals surface area contributed by atoms with Gasteiger partial charge in [0, 0.05) is 25.7 Å². The molecule has 0 saturated heterocycles. The third-order valence-corrected chi connectivity index (χ3v) is 4.10. The van der Waals surface area contributed by atoms with Crippen LogP contribution in [0.15, 0.2) is 23.9 Å². The fourth-order valence-electron chi connectivity index (χ4n) is 1.54. The number of nitrogens with one attached hydrogen (secondary N) is 1. The van der Waals surface area contributed by atoms with Crippen molar-refractivity contribution in [2.24, 2.45) is 0 Å². The van der Waals surface area contributed by atoms with Crippen LogP contribution in [0.25, 0.3) is 16.2 Å². The maximum atomic E-state index is 6.31. The number of hydrogen-bond donors (Lipinski definition) is 1. The SMILES string of the molecule is CON/C(C)=C/c1sc2ccc(Cl)cc2c1Cl. The molecule has 90 valence electrons. The standard InChI is InChI=1S/C12H11Cl2NOS/c1-7(15-16-2)5-11-12(14)9-6-8(13)3-4-10(9)17-11/h3-6,15H,1-2H3/b7-5+. The number of benzene rings is 1. The second-order valence-corrected chi connectivity index (χ2v) is 5.45. The Hall–Kier alpha value is -0.740. The van der Waals surface area contributed by atoms with Gasteiger partial charge in [-0.15, -0.1) is 11.3 Å². The maximum Gasteiger partial charge on any atom is 0.0666 e. The van der Waals surface area contributed by atoms with Gasteiger partial charge in [0.05, 0.1) is 12.1 Å². The van der Waals surface area contributed by atoms with Gasteiger partial charge in [-0.05, 0) is 31.2 Å². The number of thiophene rings is 1. The first-order valence-electron chi connectivity index (χ1n) is 4.96. The van der Waals surface area contributed by atoms with Crippen LogP contribution in [-0.4, -0.2) is 7.11 Å². The molecule has 2 nitrogen and oxygen atoms in total. The van der Waals surface area contributed by atoms with Crippen molar-refractivity contribution in [1.82, 2.24) is 5.48 Å². The van der Waals surface area contributed by atoms with Gasteiger partial charge in [-0.3, -0.25) is 10.3 Å². The second-order valence-electron chi connectivity index (χ2n) is 3.55. The lowest BCUT2D eigenvalue weighted by atomic mass is 10.2. The molecule has 0 amide bonds. The van der Waals surface area contributed by atoms with Gasteiger partial charge in [0.15, 0.2) is 0 Å². The summed E-state index contributed by atoms with van der Waals surface area (Å²) in [5.41, 5.74) is 3.66. The Morgan fingerprint density at radius 1 is 1.41 bits per heavy atom. The Kier molecular flexibility index (Phi) is 3.94. The van der Waals surface area contributed by atoms with Gasteiger partial charge in [-0.25, -0.2) is 0 Å². The zero-order valence-electron chi connectivity index (χ0n) is 9.38. The molecule has 0 spiro atoms. The summed E-state index contributed by atoms with van der Waals surface area (Å²) in [6.07, 6.45) is 1.95. The summed E-state index contributed by atoms with van der Waals surface area (Å²) in [5, 5.41) is 2.41. The summed E-state index contributed by atoms with van der Waals surface area (Å²) in [5.74, 6) is 0. The lowest BCUT2D eigenvalue weighted by Crippen LogP contribution is -2.07. The first-order chi connectivity index (χ1) is 8.11. The first kappa shape index (κ1) is 12.7. The van der Waals surface area contributed by atoms with E-state index in [2.05, 4.69) is 5.48 Å². The fourth-order valence-corrected chi connectivity index (χ4v) is 3.17. The van der Waals surface area contributed by atoms with Crippen LogP contribution in [0.5, 0.6) is 0 Å². The molecule has 2 aromatic rings. The van der Waals surface area contributed by atoms with Crippen LogP contribution in [-0.2, 0) is 4.84 Å². The van der Waals surface area contributed by atoms with Crippen molar-refractivity contribution < 1.29 is 4.84 Å². The number of halogens is 2. The van der Waals surface area contributed by atoms with Gasteiger partial charge in [0.25, 0.3) is 0 Å². The van der Waals surface area contributed by atoms with Crippen molar-refractivity contribution in [3.05, 3.63) is 38.8 Å². The van der Waals surface area contributed by atoms with Crippen LogP contribution in [0.4, 0.5) is 0 Å². The average Bonchev–Trinajstić information content (AvgIpc) is 2.57. The quantitative estimate of drug-likeness (QED) is 0.825. The molecule has 0 bridgehead atoms. The molecule has 2 rings (SSSR count). The van der Waals surface area contributed by atoms with Crippen molar-refractivity contribution in [2.75, 3.05) is 7.11 Å². The molecule has 1 heterocycles. The molecular weight excluding hydrogens is 277 g/mol. The van der Waals surface area contributed by atoms with Crippen molar-refractivity contribution >= 4 is 50.7 Å². The largest absolute Gasteiger partial charge is 0.280 e. The monoisotopic (exact) mass is 287 g/mol. The summed E-state index contributed by atoms with van der Waals surface area (Å²) in [4.78, 5) is 5.82. The minimum atomic E-state index is 0.694. The number of allylic oxidation sites excluding steroid dienone is 1. The summed E-state index contributed by atoms with van der Waals surface area (Å²) in [7, 11) is 1.57. The van der Waals surface area contributed by atoms with E-state index in [9.17, 15) is 0 Å². The zero-order valence-corrected chi connectivity index (χ0v) is 11.7. The van der Waals surface area contributed by atoms with E-state index < -0.39 is 0 Å². The lowest BCUT2D eigenvalue weighted by molar-refractivity contribution is 0.119. The highest BCUT2D eigenvalue weighted by Gasteiger charge is 2.09. The molecule has 0 atom stereocenters. The van der Waals surface area contributed by atoms with Crippen LogP contribution < -0.4 is 5.48 Å². The summed E-state index contributed by atoms with van der Waals surface area (Å²) >= 11 is 13.9. The van der Waals surface area contributed by atoms with Gasteiger partial charge >= 0.3 is 0 Å². The van der Waals surface area contributed by atoms with Gasteiger partial charge in [-0.2, -0.15) is 0 Å². The molecule has 0 aliphatic heterocycles. The molecule has 0 aliphatic rings. The molecule has 0 aliphatic carbocycles. The third kappa shape index (κ3) is 2.75. The molecule has 0 unspecified atom stereocenters. The predicted molar refractivity (Wildman–Crippen MR) is 75.6 cm³/mol. The molecule has 1 aromatic heterocycles. The molecule has 0 saturated carbocycles. The molecule has 1 aromatic carbocycles. The van der Waals surface area contributed by atoms with Crippen molar-refractivity contribution in [3.63, 3.8) is 0 Å². The topological polar surface area (TPSA) is 21.3 Å². The molecule has 0 radical (unpaired) electrons. The minimum absolute atomic E-state index is 0.694. The van der Waals surface area contributed by atoms with Gasteiger partial charge in [0.1, 0.15) is 0 Å². The number of rotatable bonds is 3. The molecule has 1 N–H and O–H groups in total. The summed E-state index contributed by atoms with van der Waals surface area (Å²) in [6.45, 7) is 1.91. The van der Waals surface area contributed by atoms with Crippen LogP contribution in [0.1, 0.15) is 11.8 Å². The third-order valence-electron chi connectivity index (χ3n) is 2.22. The van der Waals surface area contributed by atoms with E-state index in [-0.39, 0.29) is 0 Å². The summed E-state index contributed by atoms with van der Waals surface area (Å²) < 4.78 is 1.12. The van der Waals surface area contributed by atoms with Crippen LogP contribution in [0.3, 0.4) is 0 Å². The van der Waals surface area contributed by atoms with E-state index in [4.69, 9.17) is 28.0 Å². The van der Waals surface area contributed by atoms with Crippen molar-refractivity contribution in [3.8, 4) is 0 Å². The Morgan fingerprint density at radius 2 is 2.18 bits per heavy atom. The average molecular weight is 288 g/mol. The molecular formula is C12H11Cl2NOS. The van der Waals surface area contributed by atoms with E-state index >= 15 is 0 Å². The van der Waals surface area contributed by atoms with Gasteiger partial charge < -0.3 is 0 Å². The van der Waals surface area contributed by atoms with Gasteiger partial charge in [0.2, 0.25) is 0 Å². The second kappa shape index (κ2) is 5.27. The number of fused-ring (bicyclic) bond motifs is 1. The highest BCUT2D eigenvalue weighted by atomic mass is 35.5. The number of hydrogen-bond acceptors (Lipinski definition) is 3.